The predicted molar refractivity (Wildman–Crippen MR) is 67.7 cm³/mol. The zero-order chi connectivity index (χ0) is 12.3. The summed E-state index contributed by atoms with van der Waals surface area (Å²) in [4.78, 5) is 0. The molecule has 94 valence electrons. The lowest BCUT2D eigenvalue weighted by Crippen LogP contribution is -2.38. The topological polar surface area (TPSA) is 49.4 Å². The molecule has 0 atom stereocenters. The van der Waals surface area contributed by atoms with Gasteiger partial charge in [-0.05, 0) is 25.3 Å². The van der Waals surface area contributed by atoms with Crippen molar-refractivity contribution in [1.29, 1.82) is 0 Å². The van der Waals surface area contributed by atoms with Crippen LogP contribution in [0.1, 0.15) is 24.0 Å². The van der Waals surface area contributed by atoms with E-state index in [0.29, 0.717) is 19.6 Å². The molecule has 1 aliphatic rings. The highest BCUT2D eigenvalue weighted by Crippen LogP contribution is 2.12. The summed E-state index contributed by atoms with van der Waals surface area (Å²) in [7, 11) is -3.29. The van der Waals surface area contributed by atoms with Gasteiger partial charge in [-0.1, -0.05) is 29.8 Å². The Kier molecular flexibility index (Phi) is 3.81. The van der Waals surface area contributed by atoms with Gasteiger partial charge in [-0.15, -0.1) is 0 Å². The second-order valence-electron chi connectivity index (χ2n) is 4.42. The van der Waals surface area contributed by atoms with Gasteiger partial charge in [-0.3, -0.25) is 0 Å². The molecule has 0 bridgehead atoms. The molecule has 1 heterocycles. The minimum absolute atomic E-state index is 0.362. The van der Waals surface area contributed by atoms with Crippen LogP contribution in [0, 0.1) is 6.92 Å². The minimum Gasteiger partial charge on any atom is -0.198 e. The lowest BCUT2D eigenvalue weighted by atomic mass is 10.1. The van der Waals surface area contributed by atoms with Gasteiger partial charge in [0.2, 0.25) is 0 Å². The molecule has 1 fully saturated rings. The maximum absolute atomic E-state index is 11.9. The van der Waals surface area contributed by atoms with E-state index in [2.05, 4.69) is 4.72 Å². The van der Waals surface area contributed by atoms with E-state index in [1.807, 2.05) is 31.2 Å². The SMILES string of the molecule is Cc1cccc(CNS(=O)(=O)N2CCCC2)c1. The molecule has 0 aliphatic carbocycles. The molecule has 1 aromatic rings. The van der Waals surface area contributed by atoms with Gasteiger partial charge in [0.1, 0.15) is 0 Å². The number of nitrogens with zero attached hydrogens (tertiary/aromatic N) is 1. The molecule has 5 heteroatoms. The molecule has 1 N–H and O–H groups in total. The largest absolute Gasteiger partial charge is 0.279 e. The van der Waals surface area contributed by atoms with Crippen molar-refractivity contribution in [3.05, 3.63) is 35.4 Å². The third-order valence-electron chi connectivity index (χ3n) is 2.95. The van der Waals surface area contributed by atoms with Crippen molar-refractivity contribution in [1.82, 2.24) is 9.03 Å². The van der Waals surface area contributed by atoms with Gasteiger partial charge in [-0.25, -0.2) is 0 Å². The van der Waals surface area contributed by atoms with Crippen LogP contribution in [0.15, 0.2) is 24.3 Å². The van der Waals surface area contributed by atoms with Crippen LogP contribution in [0.2, 0.25) is 0 Å². The zero-order valence-electron chi connectivity index (χ0n) is 10.0. The van der Waals surface area contributed by atoms with Crippen LogP contribution in [0.3, 0.4) is 0 Å². The smallest absolute Gasteiger partial charge is 0.198 e. The summed E-state index contributed by atoms with van der Waals surface area (Å²) >= 11 is 0. The van der Waals surface area contributed by atoms with E-state index in [4.69, 9.17) is 0 Å². The van der Waals surface area contributed by atoms with Gasteiger partial charge < -0.3 is 0 Å². The molecule has 1 aliphatic heterocycles. The van der Waals surface area contributed by atoms with E-state index in [9.17, 15) is 8.42 Å². The highest BCUT2D eigenvalue weighted by molar-refractivity contribution is 7.87. The quantitative estimate of drug-likeness (QED) is 0.883. The number of benzene rings is 1. The monoisotopic (exact) mass is 254 g/mol. The fourth-order valence-electron chi connectivity index (χ4n) is 2.02. The van der Waals surface area contributed by atoms with E-state index in [-0.39, 0.29) is 0 Å². The highest BCUT2D eigenvalue weighted by Gasteiger charge is 2.24. The minimum atomic E-state index is -3.29. The molecular weight excluding hydrogens is 236 g/mol. The van der Waals surface area contributed by atoms with Crippen LogP contribution in [0.5, 0.6) is 0 Å². The van der Waals surface area contributed by atoms with E-state index in [0.717, 1.165) is 24.0 Å². The fourth-order valence-corrected chi connectivity index (χ4v) is 3.29. The van der Waals surface area contributed by atoms with Gasteiger partial charge in [0.05, 0.1) is 0 Å². The number of rotatable bonds is 4. The summed E-state index contributed by atoms with van der Waals surface area (Å²) in [6, 6.07) is 7.86. The highest BCUT2D eigenvalue weighted by atomic mass is 32.2. The second kappa shape index (κ2) is 5.16. The van der Waals surface area contributed by atoms with Gasteiger partial charge in [-0.2, -0.15) is 17.4 Å². The maximum Gasteiger partial charge on any atom is 0.279 e. The van der Waals surface area contributed by atoms with Crippen molar-refractivity contribution >= 4 is 10.2 Å². The first-order valence-electron chi connectivity index (χ1n) is 5.88. The lowest BCUT2D eigenvalue weighted by molar-refractivity contribution is 0.464. The second-order valence-corrected chi connectivity index (χ2v) is 6.18. The Labute approximate surface area is 103 Å². The summed E-state index contributed by atoms with van der Waals surface area (Å²) in [6.45, 7) is 3.64. The number of hydrogen-bond acceptors (Lipinski definition) is 2. The van der Waals surface area contributed by atoms with Gasteiger partial charge >= 0.3 is 0 Å². The molecule has 0 radical (unpaired) electrons. The average Bonchev–Trinajstić information content (AvgIpc) is 2.81. The summed E-state index contributed by atoms with van der Waals surface area (Å²) in [5, 5.41) is 0. The Hall–Kier alpha value is -0.910. The molecule has 0 aromatic heterocycles. The molecule has 0 spiro atoms. The van der Waals surface area contributed by atoms with E-state index >= 15 is 0 Å². The molecule has 0 amide bonds. The van der Waals surface area contributed by atoms with Crippen molar-refractivity contribution in [2.24, 2.45) is 0 Å². The Morgan fingerprint density at radius 2 is 2.00 bits per heavy atom. The Morgan fingerprint density at radius 1 is 1.29 bits per heavy atom. The van der Waals surface area contributed by atoms with Gasteiger partial charge in [0.25, 0.3) is 10.2 Å². The Balaban J connectivity index is 1.97. The van der Waals surface area contributed by atoms with Crippen LogP contribution in [0.4, 0.5) is 0 Å². The molecule has 4 nitrogen and oxygen atoms in total. The number of nitrogens with one attached hydrogen (secondary N) is 1. The van der Waals surface area contributed by atoms with Gasteiger partial charge in [0, 0.05) is 19.6 Å². The Morgan fingerprint density at radius 3 is 2.65 bits per heavy atom. The summed E-state index contributed by atoms with van der Waals surface area (Å²) in [6.07, 6.45) is 1.93. The molecule has 2 rings (SSSR count). The predicted octanol–water partition coefficient (Wildman–Crippen LogP) is 1.43. The van der Waals surface area contributed by atoms with Crippen molar-refractivity contribution in [3.63, 3.8) is 0 Å². The maximum atomic E-state index is 11.9. The summed E-state index contributed by atoms with van der Waals surface area (Å²) < 4.78 is 28.0. The van der Waals surface area contributed by atoms with E-state index in [1.54, 1.807) is 0 Å². The standard InChI is InChI=1S/C12H18N2O2S/c1-11-5-4-6-12(9-11)10-13-17(15,16)14-7-2-3-8-14/h4-6,9,13H,2-3,7-8,10H2,1H3. The lowest BCUT2D eigenvalue weighted by Gasteiger charge is -2.16. The van der Waals surface area contributed by atoms with Crippen LogP contribution in [-0.4, -0.2) is 25.8 Å². The van der Waals surface area contributed by atoms with Gasteiger partial charge in [0.15, 0.2) is 0 Å². The first kappa shape index (κ1) is 12.5. The molecular formula is C12H18N2O2S. The number of aryl methyl sites for hydroxylation is 1. The molecule has 1 aromatic carbocycles. The molecule has 1 saturated heterocycles. The van der Waals surface area contributed by atoms with Crippen LogP contribution >= 0.6 is 0 Å². The summed E-state index contributed by atoms with van der Waals surface area (Å²) in [5.41, 5.74) is 2.13. The third-order valence-corrected chi connectivity index (χ3v) is 4.50. The normalized spacial score (nSPS) is 17.5. The van der Waals surface area contributed by atoms with Crippen molar-refractivity contribution in [2.75, 3.05) is 13.1 Å². The Bertz CT molecular complexity index is 479. The van der Waals surface area contributed by atoms with E-state index in [1.165, 1.54) is 4.31 Å². The van der Waals surface area contributed by atoms with Crippen LogP contribution in [0.25, 0.3) is 0 Å². The van der Waals surface area contributed by atoms with E-state index < -0.39 is 10.2 Å². The zero-order valence-corrected chi connectivity index (χ0v) is 10.8. The van der Waals surface area contributed by atoms with Crippen molar-refractivity contribution in [2.45, 2.75) is 26.3 Å². The summed E-state index contributed by atoms with van der Waals surface area (Å²) in [5.74, 6) is 0. The third kappa shape index (κ3) is 3.28. The first-order chi connectivity index (χ1) is 8.08. The van der Waals surface area contributed by atoms with Crippen LogP contribution < -0.4 is 4.72 Å². The fraction of sp³-hybridized carbons (Fsp3) is 0.500. The molecule has 0 unspecified atom stereocenters. The molecule has 0 saturated carbocycles. The molecule has 17 heavy (non-hydrogen) atoms. The average molecular weight is 254 g/mol. The number of hydrogen-bond donors (Lipinski definition) is 1. The van der Waals surface area contributed by atoms with Crippen LogP contribution in [-0.2, 0) is 16.8 Å². The van der Waals surface area contributed by atoms with Crippen molar-refractivity contribution < 1.29 is 8.42 Å². The van der Waals surface area contributed by atoms with Crippen molar-refractivity contribution in [3.8, 4) is 0 Å². The first-order valence-corrected chi connectivity index (χ1v) is 7.32.